The molecule has 0 fully saturated rings. The first-order valence-electron chi connectivity index (χ1n) is 6.74. The van der Waals surface area contributed by atoms with Crippen molar-refractivity contribution in [2.75, 3.05) is 6.54 Å². The van der Waals surface area contributed by atoms with Crippen molar-refractivity contribution in [3.05, 3.63) is 56.6 Å². The molecule has 0 aliphatic carbocycles. The Labute approximate surface area is 131 Å². The number of halogens is 1. The Morgan fingerprint density at radius 1 is 1.48 bits per heavy atom. The van der Waals surface area contributed by atoms with Crippen LogP contribution in [0.2, 0.25) is 0 Å². The van der Waals surface area contributed by atoms with Gasteiger partial charge in [-0.15, -0.1) is 0 Å². The topological polar surface area (TPSA) is 73.0 Å². The predicted octanol–water partition coefficient (Wildman–Crippen LogP) is 3.10. The summed E-state index contributed by atoms with van der Waals surface area (Å²) in [6.07, 6.45) is 4.69. The normalized spacial score (nSPS) is 10.8. The molecule has 0 aliphatic heterocycles. The first-order chi connectivity index (χ1) is 10.1. The standard InChI is InChI=1S/C14H17BrN4O2/c1-2-5-16-7-13-9-18(10-17-13)8-11-3-4-12(15)6-14(11)19(20)21/h3-4,6,9-10,16H,2,5,7-8H2,1H3. The second-order valence-corrected chi connectivity index (χ2v) is 5.66. The SMILES string of the molecule is CCCNCc1cn(Cc2ccc(Br)cc2[N+](=O)[O-])cn1. The molecule has 0 aliphatic rings. The van der Waals surface area contributed by atoms with E-state index in [1.807, 2.05) is 16.8 Å². The van der Waals surface area contributed by atoms with E-state index in [0.717, 1.165) is 18.7 Å². The van der Waals surface area contributed by atoms with E-state index in [4.69, 9.17) is 0 Å². The molecule has 1 N–H and O–H groups in total. The molecule has 0 radical (unpaired) electrons. The molecule has 7 heteroatoms. The van der Waals surface area contributed by atoms with Crippen LogP contribution in [-0.2, 0) is 13.1 Å². The Morgan fingerprint density at radius 2 is 2.29 bits per heavy atom. The van der Waals surface area contributed by atoms with Gasteiger partial charge in [0.15, 0.2) is 0 Å². The molecular formula is C14H17BrN4O2. The lowest BCUT2D eigenvalue weighted by atomic mass is 10.2. The van der Waals surface area contributed by atoms with Crippen LogP contribution in [0.25, 0.3) is 0 Å². The predicted molar refractivity (Wildman–Crippen MR) is 84.1 cm³/mol. The van der Waals surface area contributed by atoms with Crippen LogP contribution in [0.5, 0.6) is 0 Å². The summed E-state index contributed by atoms with van der Waals surface area (Å²) < 4.78 is 2.56. The summed E-state index contributed by atoms with van der Waals surface area (Å²) in [6.45, 7) is 4.21. The van der Waals surface area contributed by atoms with Crippen LogP contribution in [0.1, 0.15) is 24.6 Å². The second kappa shape index (κ2) is 7.33. The zero-order valence-electron chi connectivity index (χ0n) is 11.8. The van der Waals surface area contributed by atoms with Gasteiger partial charge in [-0.3, -0.25) is 10.1 Å². The quantitative estimate of drug-likeness (QED) is 0.472. The number of nitrogens with zero attached hydrogens (tertiary/aromatic N) is 3. The summed E-state index contributed by atoms with van der Waals surface area (Å²) in [6, 6.07) is 5.09. The lowest BCUT2D eigenvalue weighted by Crippen LogP contribution is -2.13. The van der Waals surface area contributed by atoms with Crippen LogP contribution < -0.4 is 5.32 Å². The van der Waals surface area contributed by atoms with Crippen LogP contribution in [-0.4, -0.2) is 21.0 Å². The third kappa shape index (κ3) is 4.37. The number of hydrogen-bond donors (Lipinski definition) is 1. The van der Waals surface area contributed by atoms with Crippen LogP contribution in [0.3, 0.4) is 0 Å². The van der Waals surface area contributed by atoms with Gasteiger partial charge in [-0.1, -0.05) is 22.9 Å². The molecule has 0 atom stereocenters. The van der Waals surface area contributed by atoms with Gasteiger partial charge in [-0.2, -0.15) is 0 Å². The number of benzene rings is 1. The summed E-state index contributed by atoms with van der Waals surface area (Å²) in [5.41, 5.74) is 1.71. The van der Waals surface area contributed by atoms with Crippen molar-refractivity contribution in [1.29, 1.82) is 0 Å². The Morgan fingerprint density at radius 3 is 3.00 bits per heavy atom. The average Bonchev–Trinajstić information content (AvgIpc) is 2.88. The molecule has 2 aromatic rings. The molecule has 112 valence electrons. The fraction of sp³-hybridized carbons (Fsp3) is 0.357. The zero-order chi connectivity index (χ0) is 15.2. The monoisotopic (exact) mass is 352 g/mol. The van der Waals surface area contributed by atoms with Crippen LogP contribution in [0, 0.1) is 10.1 Å². The first-order valence-corrected chi connectivity index (χ1v) is 7.53. The Hall–Kier alpha value is -1.73. The van der Waals surface area contributed by atoms with Crippen molar-refractivity contribution in [1.82, 2.24) is 14.9 Å². The largest absolute Gasteiger partial charge is 0.332 e. The summed E-state index contributed by atoms with van der Waals surface area (Å²) in [7, 11) is 0. The minimum Gasteiger partial charge on any atom is -0.332 e. The van der Waals surface area contributed by atoms with Gasteiger partial charge < -0.3 is 9.88 Å². The average molecular weight is 353 g/mol. The molecule has 0 bridgehead atoms. The highest BCUT2D eigenvalue weighted by molar-refractivity contribution is 9.10. The lowest BCUT2D eigenvalue weighted by molar-refractivity contribution is -0.385. The number of nitrogens with one attached hydrogen (secondary N) is 1. The van der Waals surface area contributed by atoms with E-state index in [1.54, 1.807) is 12.4 Å². The highest BCUT2D eigenvalue weighted by atomic mass is 79.9. The van der Waals surface area contributed by atoms with E-state index in [9.17, 15) is 10.1 Å². The van der Waals surface area contributed by atoms with Gasteiger partial charge in [0.2, 0.25) is 0 Å². The maximum atomic E-state index is 11.1. The number of imidazole rings is 1. The van der Waals surface area contributed by atoms with Gasteiger partial charge in [0.05, 0.1) is 23.5 Å². The number of hydrogen-bond acceptors (Lipinski definition) is 4. The van der Waals surface area contributed by atoms with Crippen molar-refractivity contribution in [3.8, 4) is 0 Å². The van der Waals surface area contributed by atoms with Crippen molar-refractivity contribution in [2.45, 2.75) is 26.4 Å². The number of aromatic nitrogens is 2. The molecule has 21 heavy (non-hydrogen) atoms. The highest BCUT2D eigenvalue weighted by Crippen LogP contribution is 2.24. The molecule has 2 rings (SSSR count). The van der Waals surface area contributed by atoms with Gasteiger partial charge in [0, 0.05) is 28.8 Å². The smallest absolute Gasteiger partial charge is 0.275 e. The lowest BCUT2D eigenvalue weighted by Gasteiger charge is -2.04. The number of nitro benzene ring substituents is 1. The van der Waals surface area contributed by atoms with Gasteiger partial charge in [0.1, 0.15) is 0 Å². The molecule has 0 amide bonds. The van der Waals surface area contributed by atoms with Crippen molar-refractivity contribution < 1.29 is 4.92 Å². The highest BCUT2D eigenvalue weighted by Gasteiger charge is 2.14. The molecule has 1 aromatic carbocycles. The van der Waals surface area contributed by atoms with Crippen molar-refractivity contribution in [2.24, 2.45) is 0 Å². The molecule has 1 heterocycles. The van der Waals surface area contributed by atoms with Crippen molar-refractivity contribution in [3.63, 3.8) is 0 Å². The van der Waals surface area contributed by atoms with Crippen LogP contribution >= 0.6 is 15.9 Å². The number of nitro groups is 1. The van der Waals surface area contributed by atoms with Crippen molar-refractivity contribution >= 4 is 21.6 Å². The molecule has 0 spiro atoms. The van der Waals surface area contributed by atoms with E-state index in [2.05, 4.69) is 33.2 Å². The maximum Gasteiger partial charge on any atom is 0.275 e. The minimum absolute atomic E-state index is 0.115. The fourth-order valence-corrected chi connectivity index (χ4v) is 2.36. The zero-order valence-corrected chi connectivity index (χ0v) is 13.3. The molecule has 0 unspecified atom stereocenters. The Bertz CT molecular complexity index is 627. The van der Waals surface area contributed by atoms with Gasteiger partial charge in [-0.25, -0.2) is 4.98 Å². The van der Waals surface area contributed by atoms with Crippen LogP contribution in [0.15, 0.2) is 35.2 Å². The Balaban J connectivity index is 2.10. The van der Waals surface area contributed by atoms with Gasteiger partial charge >= 0.3 is 0 Å². The van der Waals surface area contributed by atoms with Gasteiger partial charge in [0.25, 0.3) is 5.69 Å². The third-order valence-corrected chi connectivity index (χ3v) is 3.51. The van der Waals surface area contributed by atoms with E-state index in [1.165, 1.54) is 6.07 Å². The minimum atomic E-state index is -0.360. The first kappa shape index (κ1) is 15.7. The maximum absolute atomic E-state index is 11.1. The molecular weight excluding hydrogens is 336 g/mol. The number of rotatable bonds is 7. The van der Waals surface area contributed by atoms with E-state index < -0.39 is 0 Å². The van der Waals surface area contributed by atoms with E-state index in [0.29, 0.717) is 23.1 Å². The Kier molecular flexibility index (Phi) is 5.46. The molecule has 1 aromatic heterocycles. The molecule has 0 saturated carbocycles. The summed E-state index contributed by atoms with van der Waals surface area (Å²) >= 11 is 3.26. The van der Waals surface area contributed by atoms with E-state index in [-0.39, 0.29) is 10.6 Å². The van der Waals surface area contributed by atoms with Gasteiger partial charge in [-0.05, 0) is 25.1 Å². The third-order valence-electron chi connectivity index (χ3n) is 3.02. The summed E-state index contributed by atoms with van der Waals surface area (Å²) in [5.74, 6) is 0. The summed E-state index contributed by atoms with van der Waals surface area (Å²) in [5, 5.41) is 14.4. The fourth-order valence-electron chi connectivity index (χ4n) is 2.01. The molecule has 6 nitrogen and oxygen atoms in total. The molecule has 0 saturated heterocycles. The summed E-state index contributed by atoms with van der Waals surface area (Å²) in [4.78, 5) is 15.0. The van der Waals surface area contributed by atoms with E-state index >= 15 is 0 Å². The van der Waals surface area contributed by atoms with Crippen LogP contribution in [0.4, 0.5) is 5.69 Å². The second-order valence-electron chi connectivity index (χ2n) is 4.74.